The zero-order valence-electron chi connectivity index (χ0n) is 15.0. The van der Waals surface area contributed by atoms with E-state index in [-0.39, 0.29) is 23.7 Å². The van der Waals surface area contributed by atoms with Gasteiger partial charge in [0.25, 0.3) is 5.56 Å². The van der Waals surface area contributed by atoms with Gasteiger partial charge in [0.05, 0.1) is 6.54 Å². The molecule has 8 nitrogen and oxygen atoms in total. The number of hydrogen-bond acceptors (Lipinski definition) is 5. The van der Waals surface area contributed by atoms with E-state index in [4.69, 9.17) is 11.5 Å². The normalized spacial score (nSPS) is 17.1. The molecule has 1 fully saturated rings. The number of carbonyl (C=O) groups excluding carboxylic acids is 1. The second kappa shape index (κ2) is 7.36. The molecule has 2 aromatic rings. The van der Waals surface area contributed by atoms with Gasteiger partial charge in [0, 0.05) is 37.8 Å². The number of nitrogens with two attached hydrogens (primary N) is 2. The Morgan fingerprint density at radius 3 is 2.70 bits per heavy atom. The predicted octanol–water partition coefficient (Wildman–Crippen LogP) is -0.239. The second-order valence-electron chi connectivity index (χ2n) is 6.78. The van der Waals surface area contributed by atoms with Gasteiger partial charge in [-0.05, 0) is 36.6 Å². The van der Waals surface area contributed by atoms with E-state index < -0.39 is 23.0 Å². The van der Waals surface area contributed by atoms with Gasteiger partial charge in [-0.15, -0.1) is 0 Å². The smallest absolute Gasteiger partial charge is 0.332 e. The number of carbonyl (C=O) groups is 1. The molecule has 9 heteroatoms. The fraction of sp³-hybridized carbons (Fsp3) is 0.389. The number of halogens is 1. The zero-order valence-corrected chi connectivity index (χ0v) is 15.0. The van der Waals surface area contributed by atoms with Gasteiger partial charge in [-0.3, -0.25) is 18.7 Å². The molecular weight excluding hydrogens is 353 g/mol. The monoisotopic (exact) mass is 375 g/mol. The first-order valence-electron chi connectivity index (χ1n) is 8.67. The van der Waals surface area contributed by atoms with Gasteiger partial charge in [-0.25, -0.2) is 9.18 Å². The third kappa shape index (κ3) is 3.77. The third-order valence-corrected chi connectivity index (χ3v) is 4.82. The number of nitrogens with zero attached hydrogens (tertiary/aromatic N) is 3. The van der Waals surface area contributed by atoms with Crippen molar-refractivity contribution in [2.75, 3.05) is 18.0 Å². The van der Waals surface area contributed by atoms with Gasteiger partial charge in [-0.2, -0.15) is 0 Å². The summed E-state index contributed by atoms with van der Waals surface area (Å²) in [4.78, 5) is 38.5. The van der Waals surface area contributed by atoms with Gasteiger partial charge in [0.2, 0.25) is 5.91 Å². The van der Waals surface area contributed by atoms with Crippen molar-refractivity contribution < 1.29 is 9.18 Å². The SMILES string of the molecule is Cn1c(=O)cc(N2CCC[C@H](N)C2)n(Cc2cc(F)ccc2C(N)=O)c1=O. The molecular formula is C18H22FN5O3. The van der Waals surface area contributed by atoms with E-state index in [2.05, 4.69) is 0 Å². The predicted molar refractivity (Wildman–Crippen MR) is 99.4 cm³/mol. The first-order valence-corrected chi connectivity index (χ1v) is 8.67. The van der Waals surface area contributed by atoms with Crippen LogP contribution >= 0.6 is 0 Å². The van der Waals surface area contributed by atoms with Crippen molar-refractivity contribution >= 4 is 11.7 Å². The third-order valence-electron chi connectivity index (χ3n) is 4.82. The summed E-state index contributed by atoms with van der Waals surface area (Å²) in [6.45, 7) is 1.05. The standard InChI is InChI=1S/C18H22FN5O3/c1-22-16(25)8-15(23-6-2-3-13(20)10-23)24(18(22)27)9-11-7-12(19)4-5-14(11)17(21)26/h4-5,7-8,13H,2-3,6,9-10,20H2,1H3,(H2,21,26)/t13-/m0/s1. The van der Waals surface area contributed by atoms with Crippen molar-refractivity contribution in [1.29, 1.82) is 0 Å². The van der Waals surface area contributed by atoms with E-state index in [1.165, 1.54) is 29.8 Å². The summed E-state index contributed by atoms with van der Waals surface area (Å²) in [5.74, 6) is -0.864. The molecule has 1 aromatic heterocycles. The highest BCUT2D eigenvalue weighted by atomic mass is 19.1. The number of anilines is 1. The highest BCUT2D eigenvalue weighted by Gasteiger charge is 2.22. The average molecular weight is 375 g/mol. The molecule has 3 rings (SSSR count). The molecule has 0 aliphatic carbocycles. The number of primary amides is 1. The Labute approximate surface area is 154 Å². The summed E-state index contributed by atoms with van der Waals surface area (Å²) >= 11 is 0. The summed E-state index contributed by atoms with van der Waals surface area (Å²) in [7, 11) is 1.37. The Bertz CT molecular complexity index is 997. The van der Waals surface area contributed by atoms with Crippen molar-refractivity contribution in [1.82, 2.24) is 9.13 Å². The van der Waals surface area contributed by atoms with Crippen LogP contribution in [0.2, 0.25) is 0 Å². The topological polar surface area (TPSA) is 116 Å². The second-order valence-corrected chi connectivity index (χ2v) is 6.78. The minimum Gasteiger partial charge on any atom is -0.366 e. The summed E-state index contributed by atoms with van der Waals surface area (Å²) < 4.78 is 16.1. The molecule has 0 saturated carbocycles. The van der Waals surface area contributed by atoms with Gasteiger partial charge >= 0.3 is 5.69 Å². The van der Waals surface area contributed by atoms with Crippen molar-refractivity contribution in [2.45, 2.75) is 25.4 Å². The number of rotatable bonds is 4. The lowest BCUT2D eigenvalue weighted by atomic mass is 10.1. The lowest BCUT2D eigenvalue weighted by Crippen LogP contribution is -2.47. The van der Waals surface area contributed by atoms with E-state index in [1.54, 1.807) is 0 Å². The number of aromatic nitrogens is 2. The molecule has 1 aliphatic heterocycles. The number of hydrogen-bond donors (Lipinski definition) is 2. The molecule has 144 valence electrons. The summed E-state index contributed by atoms with van der Waals surface area (Å²) in [5.41, 5.74) is 10.8. The molecule has 0 unspecified atom stereocenters. The Hall–Kier alpha value is -2.94. The van der Waals surface area contributed by atoms with Gasteiger partial charge in [0.1, 0.15) is 11.6 Å². The van der Waals surface area contributed by atoms with Crippen molar-refractivity contribution in [3.8, 4) is 0 Å². The van der Waals surface area contributed by atoms with E-state index in [0.29, 0.717) is 18.9 Å². The van der Waals surface area contributed by atoms with Crippen LogP contribution in [0.3, 0.4) is 0 Å². The molecule has 27 heavy (non-hydrogen) atoms. The van der Waals surface area contributed by atoms with E-state index >= 15 is 0 Å². The molecule has 1 saturated heterocycles. The van der Waals surface area contributed by atoms with Crippen LogP contribution in [0.1, 0.15) is 28.8 Å². The molecule has 1 atom stereocenters. The first kappa shape index (κ1) is 18.8. The fourth-order valence-electron chi connectivity index (χ4n) is 3.39. The largest absolute Gasteiger partial charge is 0.366 e. The zero-order chi connectivity index (χ0) is 19.7. The van der Waals surface area contributed by atoms with E-state index in [9.17, 15) is 18.8 Å². The molecule has 0 spiro atoms. The molecule has 0 radical (unpaired) electrons. The molecule has 2 heterocycles. The van der Waals surface area contributed by atoms with Crippen molar-refractivity contribution in [3.05, 3.63) is 62.0 Å². The first-order chi connectivity index (χ1) is 12.8. The van der Waals surface area contributed by atoms with E-state index in [1.807, 2.05) is 4.90 Å². The summed E-state index contributed by atoms with van der Waals surface area (Å²) in [6, 6.07) is 4.89. The minimum absolute atomic E-state index is 0.0679. The average Bonchev–Trinajstić information content (AvgIpc) is 2.61. The van der Waals surface area contributed by atoms with Crippen LogP contribution in [0.4, 0.5) is 10.2 Å². The van der Waals surface area contributed by atoms with Crippen LogP contribution in [-0.2, 0) is 13.6 Å². The van der Waals surface area contributed by atoms with Crippen LogP contribution in [-0.4, -0.2) is 34.2 Å². The summed E-state index contributed by atoms with van der Waals surface area (Å²) in [6.07, 6.45) is 1.69. The molecule has 0 bridgehead atoms. The Morgan fingerprint density at radius 1 is 1.30 bits per heavy atom. The Balaban J connectivity index is 2.14. The van der Waals surface area contributed by atoms with Crippen LogP contribution < -0.4 is 27.6 Å². The fourth-order valence-corrected chi connectivity index (χ4v) is 3.39. The van der Waals surface area contributed by atoms with Gasteiger partial charge in [0.15, 0.2) is 0 Å². The maximum Gasteiger partial charge on any atom is 0.332 e. The van der Waals surface area contributed by atoms with Crippen molar-refractivity contribution in [2.24, 2.45) is 18.5 Å². The molecule has 1 aliphatic rings. The van der Waals surface area contributed by atoms with Crippen LogP contribution in [0.15, 0.2) is 33.9 Å². The minimum atomic E-state index is -0.718. The maximum atomic E-state index is 13.7. The van der Waals surface area contributed by atoms with Crippen LogP contribution in [0.5, 0.6) is 0 Å². The highest BCUT2D eigenvalue weighted by Crippen LogP contribution is 2.19. The Morgan fingerprint density at radius 2 is 2.04 bits per heavy atom. The molecule has 1 amide bonds. The molecule has 1 aromatic carbocycles. The van der Waals surface area contributed by atoms with Crippen LogP contribution in [0, 0.1) is 5.82 Å². The number of benzene rings is 1. The molecule has 4 N–H and O–H groups in total. The van der Waals surface area contributed by atoms with Crippen molar-refractivity contribution in [3.63, 3.8) is 0 Å². The lowest BCUT2D eigenvalue weighted by Gasteiger charge is -2.34. The number of amides is 1. The maximum absolute atomic E-state index is 13.7. The highest BCUT2D eigenvalue weighted by molar-refractivity contribution is 5.94. The number of piperidine rings is 1. The lowest BCUT2D eigenvalue weighted by molar-refractivity contribution is 0.0999. The van der Waals surface area contributed by atoms with Gasteiger partial charge in [-0.1, -0.05) is 0 Å². The van der Waals surface area contributed by atoms with E-state index in [0.717, 1.165) is 23.5 Å². The quantitative estimate of drug-likeness (QED) is 0.765. The van der Waals surface area contributed by atoms with Crippen LogP contribution in [0.25, 0.3) is 0 Å². The van der Waals surface area contributed by atoms with Gasteiger partial charge < -0.3 is 16.4 Å². The summed E-state index contributed by atoms with van der Waals surface area (Å²) in [5, 5.41) is 0. The Kier molecular flexibility index (Phi) is 5.13.